The van der Waals surface area contributed by atoms with Crippen molar-refractivity contribution < 1.29 is 0 Å². The van der Waals surface area contributed by atoms with Crippen LogP contribution in [0.4, 0.5) is 0 Å². The van der Waals surface area contributed by atoms with Crippen LogP contribution in [0.25, 0.3) is 0 Å². The van der Waals surface area contributed by atoms with Crippen molar-refractivity contribution in [2.24, 2.45) is 0 Å². The quantitative estimate of drug-likeness (QED) is 0.627. The summed E-state index contributed by atoms with van der Waals surface area (Å²) in [5.41, 5.74) is 0. The van der Waals surface area contributed by atoms with Crippen LogP contribution in [0, 0.1) is 0 Å². The molecule has 1 heterocycles. The first-order valence-corrected chi connectivity index (χ1v) is 5.46. The number of thioether (sulfide) groups is 1. The van der Waals surface area contributed by atoms with E-state index in [1.54, 1.807) is 0 Å². The molecule has 1 fully saturated rings. The monoisotopic (exact) mass is 159 g/mol. The lowest BCUT2D eigenvalue weighted by molar-refractivity contribution is 0.525. The molecule has 1 N–H and O–H groups in total. The van der Waals surface area contributed by atoms with Crippen molar-refractivity contribution in [1.82, 2.24) is 5.32 Å². The van der Waals surface area contributed by atoms with Gasteiger partial charge in [0, 0.05) is 5.25 Å². The van der Waals surface area contributed by atoms with Gasteiger partial charge in [-0.3, -0.25) is 0 Å². The van der Waals surface area contributed by atoms with Gasteiger partial charge in [-0.1, -0.05) is 6.42 Å². The summed E-state index contributed by atoms with van der Waals surface area (Å²) in [5.74, 6) is 0. The highest BCUT2D eigenvalue weighted by molar-refractivity contribution is 7.99. The predicted octanol–water partition coefficient (Wildman–Crippen LogP) is 1.88. The van der Waals surface area contributed by atoms with Crippen molar-refractivity contribution >= 4 is 11.8 Å². The van der Waals surface area contributed by atoms with E-state index in [4.69, 9.17) is 0 Å². The average molecular weight is 159 g/mol. The van der Waals surface area contributed by atoms with E-state index in [1.165, 1.54) is 38.8 Å². The molecule has 0 aromatic rings. The SMILES string of the molecule is CSC1CCCCNCC1. The van der Waals surface area contributed by atoms with Gasteiger partial charge in [0.25, 0.3) is 0 Å². The number of hydrogen-bond acceptors (Lipinski definition) is 2. The molecule has 1 unspecified atom stereocenters. The van der Waals surface area contributed by atoms with Crippen LogP contribution in [0.3, 0.4) is 0 Å². The van der Waals surface area contributed by atoms with Gasteiger partial charge in [0.2, 0.25) is 0 Å². The van der Waals surface area contributed by atoms with E-state index in [9.17, 15) is 0 Å². The molecule has 10 heavy (non-hydrogen) atoms. The van der Waals surface area contributed by atoms with Crippen LogP contribution in [0.5, 0.6) is 0 Å². The zero-order valence-electron chi connectivity index (χ0n) is 6.73. The van der Waals surface area contributed by atoms with Crippen molar-refractivity contribution in [3.05, 3.63) is 0 Å². The molecular weight excluding hydrogens is 142 g/mol. The second-order valence-corrected chi connectivity index (χ2v) is 4.03. The molecule has 0 bridgehead atoms. The molecule has 0 amide bonds. The molecule has 1 rings (SSSR count). The Kier molecular flexibility index (Phi) is 4.23. The summed E-state index contributed by atoms with van der Waals surface area (Å²) in [6, 6.07) is 0. The summed E-state index contributed by atoms with van der Waals surface area (Å²) in [6.45, 7) is 2.46. The van der Waals surface area contributed by atoms with Crippen LogP contribution in [-0.4, -0.2) is 24.6 Å². The van der Waals surface area contributed by atoms with Crippen LogP contribution in [0.15, 0.2) is 0 Å². The number of hydrogen-bond donors (Lipinski definition) is 1. The van der Waals surface area contributed by atoms with Gasteiger partial charge in [-0.05, 0) is 38.6 Å². The molecule has 0 aromatic carbocycles. The zero-order valence-corrected chi connectivity index (χ0v) is 7.54. The first-order chi connectivity index (χ1) is 4.93. The first-order valence-electron chi connectivity index (χ1n) is 4.17. The average Bonchev–Trinajstić information content (AvgIpc) is 1.87. The number of rotatable bonds is 1. The molecular formula is C8H17NS. The van der Waals surface area contributed by atoms with E-state index >= 15 is 0 Å². The van der Waals surface area contributed by atoms with E-state index in [1.807, 2.05) is 11.8 Å². The Morgan fingerprint density at radius 3 is 2.90 bits per heavy atom. The Bertz CT molecular complexity index is 77.3. The van der Waals surface area contributed by atoms with Crippen molar-refractivity contribution in [1.29, 1.82) is 0 Å². The fraction of sp³-hybridized carbons (Fsp3) is 1.00. The number of nitrogens with one attached hydrogen (secondary N) is 1. The maximum atomic E-state index is 3.44. The molecule has 1 aliphatic heterocycles. The third kappa shape index (κ3) is 2.93. The third-order valence-corrected chi connectivity index (χ3v) is 3.24. The molecule has 0 aliphatic carbocycles. The largest absolute Gasteiger partial charge is 0.317 e. The summed E-state index contributed by atoms with van der Waals surface area (Å²) in [4.78, 5) is 0. The molecule has 1 nitrogen and oxygen atoms in total. The third-order valence-electron chi connectivity index (χ3n) is 2.11. The van der Waals surface area contributed by atoms with Gasteiger partial charge in [0.05, 0.1) is 0 Å². The van der Waals surface area contributed by atoms with Gasteiger partial charge in [0.1, 0.15) is 0 Å². The van der Waals surface area contributed by atoms with Gasteiger partial charge in [-0.25, -0.2) is 0 Å². The van der Waals surface area contributed by atoms with Gasteiger partial charge >= 0.3 is 0 Å². The van der Waals surface area contributed by atoms with E-state index in [-0.39, 0.29) is 0 Å². The topological polar surface area (TPSA) is 12.0 Å². The van der Waals surface area contributed by atoms with E-state index < -0.39 is 0 Å². The normalized spacial score (nSPS) is 29.1. The lowest BCUT2D eigenvalue weighted by Gasteiger charge is -2.17. The van der Waals surface area contributed by atoms with Crippen LogP contribution in [-0.2, 0) is 0 Å². The molecule has 0 aromatic heterocycles. The Morgan fingerprint density at radius 2 is 2.10 bits per heavy atom. The molecule has 0 spiro atoms. The van der Waals surface area contributed by atoms with Crippen LogP contribution < -0.4 is 5.32 Å². The second-order valence-electron chi connectivity index (χ2n) is 2.89. The van der Waals surface area contributed by atoms with Gasteiger partial charge in [-0.2, -0.15) is 11.8 Å². The van der Waals surface area contributed by atoms with Crippen molar-refractivity contribution in [2.45, 2.75) is 30.9 Å². The highest BCUT2D eigenvalue weighted by atomic mass is 32.2. The minimum Gasteiger partial charge on any atom is -0.317 e. The summed E-state index contributed by atoms with van der Waals surface area (Å²) >= 11 is 2.03. The molecule has 2 heteroatoms. The highest BCUT2D eigenvalue weighted by Crippen LogP contribution is 2.18. The molecule has 1 atom stereocenters. The Hall–Kier alpha value is 0.310. The molecule has 0 radical (unpaired) electrons. The summed E-state index contributed by atoms with van der Waals surface area (Å²) in [5, 5.41) is 4.36. The van der Waals surface area contributed by atoms with E-state index in [0.717, 1.165) is 5.25 Å². The lowest BCUT2D eigenvalue weighted by atomic mass is 10.1. The fourth-order valence-corrected chi connectivity index (χ4v) is 2.15. The van der Waals surface area contributed by atoms with E-state index in [0.29, 0.717) is 0 Å². The van der Waals surface area contributed by atoms with Gasteiger partial charge < -0.3 is 5.32 Å². The van der Waals surface area contributed by atoms with Crippen molar-refractivity contribution in [3.63, 3.8) is 0 Å². The van der Waals surface area contributed by atoms with Crippen LogP contribution in [0.1, 0.15) is 25.7 Å². The molecule has 1 saturated heterocycles. The zero-order chi connectivity index (χ0) is 7.23. The molecule has 1 aliphatic rings. The predicted molar refractivity (Wildman–Crippen MR) is 48.6 cm³/mol. The molecule has 60 valence electrons. The first kappa shape index (κ1) is 8.41. The van der Waals surface area contributed by atoms with Crippen LogP contribution >= 0.6 is 11.8 Å². The van der Waals surface area contributed by atoms with Crippen molar-refractivity contribution in [2.75, 3.05) is 19.3 Å². The van der Waals surface area contributed by atoms with Crippen LogP contribution in [0.2, 0.25) is 0 Å². The Morgan fingerprint density at radius 1 is 1.20 bits per heavy atom. The fourth-order valence-electron chi connectivity index (χ4n) is 1.39. The van der Waals surface area contributed by atoms with E-state index in [2.05, 4.69) is 11.6 Å². The minimum atomic E-state index is 0.924. The summed E-state index contributed by atoms with van der Waals surface area (Å²) < 4.78 is 0. The Balaban J connectivity index is 2.16. The maximum Gasteiger partial charge on any atom is 0.00563 e. The lowest BCUT2D eigenvalue weighted by Crippen LogP contribution is -2.23. The summed E-state index contributed by atoms with van der Waals surface area (Å²) in [7, 11) is 0. The summed E-state index contributed by atoms with van der Waals surface area (Å²) in [6.07, 6.45) is 7.81. The highest BCUT2D eigenvalue weighted by Gasteiger charge is 2.07. The van der Waals surface area contributed by atoms with Gasteiger partial charge in [0.15, 0.2) is 0 Å². The van der Waals surface area contributed by atoms with Gasteiger partial charge in [-0.15, -0.1) is 0 Å². The van der Waals surface area contributed by atoms with Crippen molar-refractivity contribution in [3.8, 4) is 0 Å². The maximum absolute atomic E-state index is 3.44. The minimum absolute atomic E-state index is 0.924. The standard InChI is InChI=1S/C8H17NS/c1-10-8-4-2-3-6-9-7-5-8/h8-9H,2-7H2,1H3. The Labute approximate surface area is 68.0 Å². The second kappa shape index (κ2) is 5.03. The smallest absolute Gasteiger partial charge is 0.00563 e. The molecule has 0 saturated carbocycles.